The standard InChI is InChI=1S/C24H30N3O10P/c1-5-12-24(32)20(29)18(36-22(24)27-13-11-19(28)25-23(27)31)14-34-38(33,37-17-9-7-6-8-10-17)26-16(4)21(30)35-15(2)3/h6-11,13,15-16,18,20,22,29,32H,14H2,1-4H3,(H,26,33)(H,25,28,31). The van der Waals surface area contributed by atoms with Gasteiger partial charge in [0, 0.05) is 12.3 Å². The molecule has 2 aromatic rings. The highest BCUT2D eigenvalue weighted by molar-refractivity contribution is 7.52. The second-order valence-electron chi connectivity index (χ2n) is 8.72. The van der Waals surface area contributed by atoms with E-state index < -0.39 is 67.8 Å². The van der Waals surface area contributed by atoms with Crippen LogP contribution in [0.4, 0.5) is 0 Å². The van der Waals surface area contributed by atoms with Crippen molar-refractivity contribution in [3.05, 3.63) is 63.4 Å². The summed E-state index contributed by atoms with van der Waals surface area (Å²) in [5.74, 6) is 4.37. The summed E-state index contributed by atoms with van der Waals surface area (Å²) in [5, 5.41) is 24.6. The van der Waals surface area contributed by atoms with Gasteiger partial charge in [0.2, 0.25) is 0 Å². The summed E-state index contributed by atoms with van der Waals surface area (Å²) in [5.41, 5.74) is -3.88. The fraction of sp³-hybridized carbons (Fsp3) is 0.458. The third-order valence-corrected chi connectivity index (χ3v) is 6.99. The molecule has 1 saturated heterocycles. The summed E-state index contributed by atoms with van der Waals surface area (Å²) >= 11 is 0. The Morgan fingerprint density at radius 1 is 1.26 bits per heavy atom. The van der Waals surface area contributed by atoms with Gasteiger partial charge in [-0.3, -0.25) is 23.7 Å². The average molecular weight is 551 g/mol. The van der Waals surface area contributed by atoms with Crippen LogP contribution in [0.2, 0.25) is 0 Å². The molecule has 0 spiro atoms. The molecular formula is C24H30N3O10P. The second-order valence-corrected chi connectivity index (χ2v) is 10.4. The van der Waals surface area contributed by atoms with Crippen molar-refractivity contribution in [1.29, 1.82) is 0 Å². The molecule has 1 fully saturated rings. The topological polar surface area (TPSA) is 178 Å². The van der Waals surface area contributed by atoms with E-state index in [1.165, 1.54) is 26.0 Å². The van der Waals surface area contributed by atoms with Crippen molar-refractivity contribution in [2.24, 2.45) is 0 Å². The Bertz CT molecular complexity index is 1350. The molecule has 4 N–H and O–H groups in total. The Morgan fingerprint density at radius 3 is 2.55 bits per heavy atom. The molecule has 1 aromatic carbocycles. The molecule has 1 aromatic heterocycles. The Labute approximate surface area is 218 Å². The molecule has 1 aliphatic rings. The van der Waals surface area contributed by atoms with E-state index in [4.69, 9.17) is 18.5 Å². The number of aliphatic hydroxyl groups excluding tert-OH is 1. The van der Waals surface area contributed by atoms with E-state index in [2.05, 4.69) is 16.9 Å². The normalized spacial score (nSPS) is 25.2. The molecule has 3 rings (SSSR count). The lowest BCUT2D eigenvalue weighted by Gasteiger charge is -2.26. The number of aromatic nitrogens is 2. The van der Waals surface area contributed by atoms with Gasteiger partial charge in [0.25, 0.3) is 5.56 Å². The summed E-state index contributed by atoms with van der Waals surface area (Å²) in [7, 11) is -4.31. The number of H-pyrrole nitrogens is 1. The number of nitrogens with zero attached hydrogens (tertiary/aromatic N) is 1. The number of ether oxygens (including phenoxy) is 2. The van der Waals surface area contributed by atoms with E-state index in [1.807, 2.05) is 4.98 Å². The quantitative estimate of drug-likeness (QED) is 0.185. The van der Waals surface area contributed by atoms with E-state index in [0.29, 0.717) is 0 Å². The number of rotatable bonds is 10. The Balaban J connectivity index is 1.86. The highest BCUT2D eigenvalue weighted by atomic mass is 31.2. The van der Waals surface area contributed by atoms with Gasteiger partial charge in [-0.2, -0.15) is 5.09 Å². The predicted molar refractivity (Wildman–Crippen MR) is 134 cm³/mol. The molecule has 0 radical (unpaired) electrons. The average Bonchev–Trinajstić information content (AvgIpc) is 3.08. The smallest absolute Gasteiger partial charge is 0.459 e. The van der Waals surface area contributed by atoms with Gasteiger partial charge in [-0.1, -0.05) is 24.1 Å². The van der Waals surface area contributed by atoms with Gasteiger partial charge in [0.15, 0.2) is 11.8 Å². The zero-order chi connectivity index (χ0) is 28.1. The molecule has 0 aliphatic carbocycles. The Kier molecular flexibility index (Phi) is 9.32. The Hall–Kier alpha value is -3.24. The van der Waals surface area contributed by atoms with Gasteiger partial charge >= 0.3 is 19.4 Å². The maximum Gasteiger partial charge on any atom is 0.459 e. The van der Waals surface area contributed by atoms with Crippen LogP contribution in [0, 0.1) is 11.8 Å². The summed E-state index contributed by atoms with van der Waals surface area (Å²) in [6.45, 7) is 5.51. The maximum absolute atomic E-state index is 13.7. The lowest BCUT2D eigenvalue weighted by Crippen LogP contribution is -2.48. The molecule has 13 nitrogen and oxygen atoms in total. The Morgan fingerprint density at radius 2 is 1.95 bits per heavy atom. The number of aliphatic hydroxyl groups is 2. The minimum absolute atomic E-state index is 0.159. The van der Waals surface area contributed by atoms with Crippen molar-refractivity contribution in [3.8, 4) is 17.6 Å². The molecule has 6 unspecified atom stereocenters. The van der Waals surface area contributed by atoms with Crippen LogP contribution in [0.1, 0.15) is 33.9 Å². The summed E-state index contributed by atoms with van der Waals surface area (Å²) < 4.78 is 36.5. The number of aromatic amines is 1. The van der Waals surface area contributed by atoms with Crippen molar-refractivity contribution >= 4 is 13.7 Å². The molecular weight excluding hydrogens is 521 g/mol. The molecule has 0 saturated carbocycles. The number of benzene rings is 1. The van der Waals surface area contributed by atoms with Gasteiger partial charge in [0.05, 0.1) is 12.7 Å². The highest BCUT2D eigenvalue weighted by Crippen LogP contribution is 2.46. The van der Waals surface area contributed by atoms with Gasteiger partial charge in [0.1, 0.15) is 24.0 Å². The maximum atomic E-state index is 13.7. The molecule has 6 atom stereocenters. The SMILES string of the molecule is CC#CC1(O)C(O)C(COP(=O)(NC(C)C(=O)OC(C)C)Oc2ccccc2)OC1n1ccc(=O)[nH]c1=O. The number of hydrogen-bond donors (Lipinski definition) is 4. The zero-order valence-electron chi connectivity index (χ0n) is 21.2. The summed E-state index contributed by atoms with van der Waals surface area (Å²) in [6.07, 6.45) is -4.00. The predicted octanol–water partition coefficient (Wildman–Crippen LogP) is 0.683. The first-order chi connectivity index (χ1) is 17.9. The molecule has 1 aliphatic heterocycles. The monoisotopic (exact) mass is 551 g/mol. The number of carbonyl (C=O) groups is 1. The molecule has 0 bridgehead atoms. The summed E-state index contributed by atoms with van der Waals surface area (Å²) in [4.78, 5) is 38.2. The minimum atomic E-state index is -4.31. The first-order valence-corrected chi connectivity index (χ1v) is 13.2. The van der Waals surface area contributed by atoms with E-state index >= 15 is 0 Å². The number of nitrogens with one attached hydrogen (secondary N) is 2. The van der Waals surface area contributed by atoms with Crippen LogP contribution in [-0.4, -0.2) is 62.3 Å². The zero-order valence-corrected chi connectivity index (χ0v) is 22.1. The first kappa shape index (κ1) is 29.3. The molecule has 0 amide bonds. The van der Waals surface area contributed by atoms with E-state index in [0.717, 1.165) is 16.8 Å². The number of carbonyl (C=O) groups excluding carboxylic acids is 1. The van der Waals surface area contributed by atoms with Crippen LogP contribution >= 0.6 is 7.75 Å². The van der Waals surface area contributed by atoms with E-state index in [9.17, 15) is 29.2 Å². The van der Waals surface area contributed by atoms with Crippen LogP contribution in [-0.2, 0) is 23.4 Å². The molecule has 14 heteroatoms. The largest absolute Gasteiger partial charge is 0.462 e. The van der Waals surface area contributed by atoms with Crippen molar-refractivity contribution in [2.45, 2.75) is 63.9 Å². The van der Waals surface area contributed by atoms with Gasteiger partial charge in [-0.25, -0.2) is 9.36 Å². The van der Waals surface area contributed by atoms with Crippen LogP contribution in [0.25, 0.3) is 0 Å². The third kappa shape index (κ3) is 6.79. The number of para-hydroxylation sites is 1. The molecule has 38 heavy (non-hydrogen) atoms. The van der Waals surface area contributed by atoms with Crippen molar-refractivity contribution in [1.82, 2.24) is 14.6 Å². The number of esters is 1. The lowest BCUT2D eigenvalue weighted by atomic mass is 9.94. The lowest BCUT2D eigenvalue weighted by molar-refractivity contribution is -0.149. The second kappa shape index (κ2) is 12.1. The molecule has 206 valence electrons. The van der Waals surface area contributed by atoms with Gasteiger partial charge in [-0.15, -0.1) is 5.92 Å². The van der Waals surface area contributed by atoms with Gasteiger partial charge in [-0.05, 0) is 39.8 Å². The van der Waals surface area contributed by atoms with Crippen LogP contribution in [0.3, 0.4) is 0 Å². The van der Waals surface area contributed by atoms with Crippen molar-refractivity contribution in [3.63, 3.8) is 0 Å². The number of hydrogen-bond acceptors (Lipinski definition) is 10. The minimum Gasteiger partial charge on any atom is -0.462 e. The van der Waals surface area contributed by atoms with Crippen LogP contribution in [0.15, 0.2) is 52.2 Å². The summed E-state index contributed by atoms with van der Waals surface area (Å²) in [6, 6.07) is 7.94. The van der Waals surface area contributed by atoms with E-state index in [-0.39, 0.29) is 5.75 Å². The fourth-order valence-electron chi connectivity index (χ4n) is 3.64. The first-order valence-electron chi connectivity index (χ1n) is 11.7. The molecule has 2 heterocycles. The fourth-order valence-corrected chi connectivity index (χ4v) is 5.14. The van der Waals surface area contributed by atoms with E-state index in [1.54, 1.807) is 32.0 Å². The van der Waals surface area contributed by atoms with Gasteiger partial charge < -0.3 is 24.2 Å². The van der Waals surface area contributed by atoms with Crippen molar-refractivity contribution in [2.75, 3.05) is 6.61 Å². The van der Waals surface area contributed by atoms with Crippen molar-refractivity contribution < 1.29 is 38.1 Å². The highest BCUT2D eigenvalue weighted by Gasteiger charge is 2.56. The van der Waals surface area contributed by atoms with Crippen LogP contribution in [0.5, 0.6) is 5.75 Å². The third-order valence-electron chi connectivity index (χ3n) is 5.35. The van der Waals surface area contributed by atoms with Crippen LogP contribution < -0.4 is 20.9 Å².